The predicted octanol–water partition coefficient (Wildman–Crippen LogP) is 2.40. The first-order valence-corrected chi connectivity index (χ1v) is 8.43. The molecule has 3 rings (SSSR count). The summed E-state index contributed by atoms with van der Waals surface area (Å²) in [6.45, 7) is 1.58. The SMILES string of the molecule is COc1cccc([C@]2(C)NC(=O)N(/N=C\c3ccc(OCC#N)cc3)C2=O)c1. The number of rotatable bonds is 6. The van der Waals surface area contributed by atoms with E-state index in [0.717, 1.165) is 5.01 Å². The van der Waals surface area contributed by atoms with Gasteiger partial charge >= 0.3 is 6.03 Å². The minimum absolute atomic E-state index is 0.0429. The van der Waals surface area contributed by atoms with Gasteiger partial charge in [0.25, 0.3) is 5.91 Å². The van der Waals surface area contributed by atoms with Gasteiger partial charge in [0.05, 0.1) is 13.3 Å². The molecule has 28 heavy (non-hydrogen) atoms. The molecule has 0 unspecified atom stereocenters. The molecule has 3 amide bonds. The fraction of sp³-hybridized carbons (Fsp3) is 0.200. The molecule has 2 aromatic rings. The number of hydrazone groups is 1. The standard InChI is InChI=1S/C20H18N4O4/c1-20(15-4-3-5-17(12-15)27-2)18(25)24(19(26)23-20)22-13-14-6-8-16(9-7-14)28-11-10-21/h3-9,12-13H,11H2,1-2H3,(H,23,26)/b22-13-/t20-/m0/s1. The predicted molar refractivity (Wildman–Crippen MR) is 101 cm³/mol. The summed E-state index contributed by atoms with van der Waals surface area (Å²) in [6, 6.07) is 15.0. The summed E-state index contributed by atoms with van der Waals surface area (Å²) >= 11 is 0. The second kappa shape index (κ2) is 7.80. The van der Waals surface area contributed by atoms with Crippen molar-refractivity contribution in [3.8, 4) is 17.6 Å². The Labute approximate surface area is 162 Å². The zero-order chi connectivity index (χ0) is 20.1. The minimum Gasteiger partial charge on any atom is -0.497 e. The van der Waals surface area contributed by atoms with Crippen LogP contribution in [0.3, 0.4) is 0 Å². The Kier molecular flexibility index (Phi) is 5.27. The lowest BCUT2D eigenvalue weighted by Gasteiger charge is -2.21. The summed E-state index contributed by atoms with van der Waals surface area (Å²) in [5.74, 6) is 0.636. The molecule has 1 fully saturated rings. The van der Waals surface area contributed by atoms with Gasteiger partial charge in [-0.15, -0.1) is 5.01 Å². The van der Waals surface area contributed by atoms with Gasteiger partial charge < -0.3 is 14.8 Å². The number of carbonyl (C=O) groups excluding carboxylic acids is 2. The summed E-state index contributed by atoms with van der Waals surface area (Å²) in [6.07, 6.45) is 1.41. The molecular weight excluding hydrogens is 360 g/mol. The van der Waals surface area contributed by atoms with Crippen LogP contribution >= 0.6 is 0 Å². The molecule has 1 aliphatic rings. The third-order valence-electron chi connectivity index (χ3n) is 4.32. The molecule has 8 heteroatoms. The van der Waals surface area contributed by atoms with Crippen molar-refractivity contribution >= 4 is 18.2 Å². The number of methoxy groups -OCH3 is 1. The maximum Gasteiger partial charge on any atom is 0.346 e. The van der Waals surface area contributed by atoms with Gasteiger partial charge in [0.15, 0.2) is 6.61 Å². The van der Waals surface area contributed by atoms with Crippen LogP contribution in [0.1, 0.15) is 18.1 Å². The molecule has 1 atom stereocenters. The van der Waals surface area contributed by atoms with Crippen LogP contribution in [-0.4, -0.2) is 36.9 Å². The van der Waals surface area contributed by atoms with E-state index in [-0.39, 0.29) is 6.61 Å². The van der Waals surface area contributed by atoms with E-state index in [0.29, 0.717) is 22.6 Å². The second-order valence-corrected chi connectivity index (χ2v) is 6.16. The molecule has 1 N–H and O–H groups in total. The van der Waals surface area contributed by atoms with Crippen molar-refractivity contribution in [3.63, 3.8) is 0 Å². The van der Waals surface area contributed by atoms with Gasteiger partial charge in [-0.25, -0.2) is 4.79 Å². The largest absolute Gasteiger partial charge is 0.497 e. The molecule has 142 valence electrons. The number of carbonyl (C=O) groups is 2. The molecule has 0 spiro atoms. The smallest absolute Gasteiger partial charge is 0.346 e. The zero-order valence-corrected chi connectivity index (χ0v) is 15.4. The average Bonchev–Trinajstić information content (AvgIpc) is 2.95. The van der Waals surface area contributed by atoms with Gasteiger partial charge in [-0.3, -0.25) is 4.79 Å². The summed E-state index contributed by atoms with van der Waals surface area (Å²) in [7, 11) is 1.53. The Morgan fingerprint density at radius 2 is 1.96 bits per heavy atom. The summed E-state index contributed by atoms with van der Waals surface area (Å²) in [5, 5.41) is 16.0. The number of nitrogens with zero attached hydrogens (tertiary/aromatic N) is 3. The van der Waals surface area contributed by atoms with Gasteiger partial charge in [0.2, 0.25) is 0 Å². The van der Waals surface area contributed by atoms with E-state index in [2.05, 4.69) is 10.4 Å². The van der Waals surface area contributed by atoms with E-state index in [1.54, 1.807) is 55.5 Å². The Hall–Kier alpha value is -3.86. The number of urea groups is 1. The number of nitrogens with one attached hydrogen (secondary N) is 1. The fourth-order valence-electron chi connectivity index (χ4n) is 2.75. The van der Waals surface area contributed by atoms with Crippen LogP contribution in [0.25, 0.3) is 0 Å². The first kappa shape index (κ1) is 18.9. The number of ether oxygens (including phenoxy) is 2. The third kappa shape index (κ3) is 3.64. The highest BCUT2D eigenvalue weighted by atomic mass is 16.5. The number of benzene rings is 2. The number of hydrogen-bond acceptors (Lipinski definition) is 6. The van der Waals surface area contributed by atoms with Crippen LogP contribution in [0, 0.1) is 11.3 Å². The van der Waals surface area contributed by atoms with Crippen molar-refractivity contribution in [2.24, 2.45) is 5.10 Å². The number of hydrogen-bond donors (Lipinski definition) is 1. The Balaban J connectivity index is 1.78. The number of amides is 3. The van der Waals surface area contributed by atoms with E-state index in [1.165, 1.54) is 13.3 Å². The molecule has 0 aromatic heterocycles. The molecular formula is C20H18N4O4. The number of imide groups is 1. The molecule has 1 heterocycles. The lowest BCUT2D eigenvalue weighted by atomic mass is 9.92. The van der Waals surface area contributed by atoms with Crippen molar-refractivity contribution in [2.45, 2.75) is 12.5 Å². The van der Waals surface area contributed by atoms with E-state index in [1.807, 2.05) is 6.07 Å². The van der Waals surface area contributed by atoms with Crippen LogP contribution in [0.15, 0.2) is 53.6 Å². The highest BCUT2D eigenvalue weighted by molar-refractivity contribution is 6.07. The quantitative estimate of drug-likeness (QED) is 0.614. The maximum absolute atomic E-state index is 12.9. The average molecular weight is 378 g/mol. The van der Waals surface area contributed by atoms with Crippen molar-refractivity contribution in [2.75, 3.05) is 13.7 Å². The highest BCUT2D eigenvalue weighted by Gasteiger charge is 2.49. The summed E-state index contributed by atoms with van der Waals surface area (Å²) in [5.41, 5.74) is 0.0274. The number of nitriles is 1. The van der Waals surface area contributed by atoms with Gasteiger partial charge in [-0.05, 0) is 54.4 Å². The van der Waals surface area contributed by atoms with E-state index in [4.69, 9.17) is 14.7 Å². The maximum atomic E-state index is 12.9. The zero-order valence-electron chi connectivity index (χ0n) is 15.4. The fourth-order valence-corrected chi connectivity index (χ4v) is 2.75. The van der Waals surface area contributed by atoms with Gasteiger partial charge in [-0.2, -0.15) is 10.4 Å². The molecule has 1 saturated heterocycles. The van der Waals surface area contributed by atoms with Gasteiger partial charge in [-0.1, -0.05) is 12.1 Å². The summed E-state index contributed by atoms with van der Waals surface area (Å²) < 4.78 is 10.4. The normalized spacial score (nSPS) is 18.8. The molecule has 8 nitrogen and oxygen atoms in total. The Morgan fingerprint density at radius 3 is 2.64 bits per heavy atom. The first-order valence-electron chi connectivity index (χ1n) is 8.43. The van der Waals surface area contributed by atoms with Crippen LogP contribution in [0.2, 0.25) is 0 Å². The van der Waals surface area contributed by atoms with Crippen molar-refractivity contribution < 1.29 is 19.1 Å². The van der Waals surface area contributed by atoms with Crippen molar-refractivity contribution in [1.29, 1.82) is 5.26 Å². The highest BCUT2D eigenvalue weighted by Crippen LogP contribution is 2.31. The van der Waals surface area contributed by atoms with Crippen LogP contribution in [0.4, 0.5) is 4.79 Å². The van der Waals surface area contributed by atoms with Crippen LogP contribution < -0.4 is 14.8 Å². The summed E-state index contributed by atoms with van der Waals surface area (Å²) in [4.78, 5) is 25.2. The lowest BCUT2D eigenvalue weighted by Crippen LogP contribution is -2.40. The molecule has 2 aromatic carbocycles. The molecule has 0 bridgehead atoms. The van der Waals surface area contributed by atoms with Crippen LogP contribution in [0.5, 0.6) is 11.5 Å². The lowest BCUT2D eigenvalue weighted by molar-refractivity contribution is -0.131. The van der Waals surface area contributed by atoms with E-state index in [9.17, 15) is 9.59 Å². The Bertz CT molecular complexity index is 965. The first-order chi connectivity index (χ1) is 13.5. The van der Waals surface area contributed by atoms with Crippen LogP contribution in [-0.2, 0) is 10.3 Å². The molecule has 0 radical (unpaired) electrons. The van der Waals surface area contributed by atoms with Gasteiger partial charge in [0, 0.05) is 0 Å². The van der Waals surface area contributed by atoms with Crippen molar-refractivity contribution in [3.05, 3.63) is 59.7 Å². The second-order valence-electron chi connectivity index (χ2n) is 6.16. The monoisotopic (exact) mass is 378 g/mol. The van der Waals surface area contributed by atoms with E-state index < -0.39 is 17.5 Å². The van der Waals surface area contributed by atoms with E-state index >= 15 is 0 Å². The minimum atomic E-state index is -1.24. The van der Waals surface area contributed by atoms with Crippen molar-refractivity contribution in [1.82, 2.24) is 10.3 Å². The third-order valence-corrected chi connectivity index (χ3v) is 4.32. The molecule has 1 aliphatic heterocycles. The molecule has 0 aliphatic carbocycles. The topological polar surface area (TPSA) is 104 Å². The Morgan fingerprint density at radius 1 is 1.21 bits per heavy atom. The molecule has 0 saturated carbocycles. The van der Waals surface area contributed by atoms with Gasteiger partial charge in [0.1, 0.15) is 23.1 Å².